The molecule has 3 N–H and O–H groups in total. The Labute approximate surface area is 99.6 Å². The van der Waals surface area contributed by atoms with E-state index in [4.69, 9.17) is 5.73 Å². The number of rotatable bonds is 8. The van der Waals surface area contributed by atoms with Gasteiger partial charge in [-0.15, -0.1) is 0 Å². The summed E-state index contributed by atoms with van der Waals surface area (Å²) in [7, 11) is 0. The van der Waals surface area contributed by atoms with Crippen molar-refractivity contribution in [2.75, 3.05) is 32.7 Å². The molecule has 0 aliphatic rings. The van der Waals surface area contributed by atoms with Crippen molar-refractivity contribution in [3.63, 3.8) is 0 Å². The summed E-state index contributed by atoms with van der Waals surface area (Å²) in [5, 5.41) is 3.11. The molecule has 0 radical (unpaired) electrons. The molecule has 16 heavy (non-hydrogen) atoms. The van der Waals surface area contributed by atoms with Gasteiger partial charge in [0.15, 0.2) is 5.96 Å². The van der Waals surface area contributed by atoms with Crippen molar-refractivity contribution in [1.82, 2.24) is 10.2 Å². The van der Waals surface area contributed by atoms with E-state index in [2.05, 4.69) is 35.6 Å². The molecule has 0 amide bonds. The first-order valence-electron chi connectivity index (χ1n) is 6.00. The standard InChI is InChI=1S/C12H26N4/c1-5-8-16(6-2)9-7-14-12(13)15-10-11(3)4/h3,5-10H2,1-2,4H3,(H3,13,14,15). The number of hydrogen-bond donors (Lipinski definition) is 2. The average molecular weight is 226 g/mol. The van der Waals surface area contributed by atoms with Crippen molar-refractivity contribution in [1.29, 1.82) is 0 Å². The topological polar surface area (TPSA) is 53.6 Å². The summed E-state index contributed by atoms with van der Waals surface area (Å²) in [5.74, 6) is 0.510. The number of guanidine groups is 1. The lowest BCUT2D eigenvalue weighted by Crippen LogP contribution is -2.38. The lowest BCUT2D eigenvalue weighted by atomic mass is 10.4. The van der Waals surface area contributed by atoms with Gasteiger partial charge in [-0.1, -0.05) is 26.0 Å². The second kappa shape index (κ2) is 9.21. The highest BCUT2D eigenvalue weighted by Crippen LogP contribution is 1.89. The van der Waals surface area contributed by atoms with Crippen LogP contribution in [0.4, 0.5) is 0 Å². The zero-order chi connectivity index (χ0) is 12.4. The molecular weight excluding hydrogens is 200 g/mol. The van der Waals surface area contributed by atoms with E-state index in [0.29, 0.717) is 12.5 Å². The van der Waals surface area contributed by atoms with Crippen molar-refractivity contribution >= 4 is 5.96 Å². The Hall–Kier alpha value is -1.03. The smallest absolute Gasteiger partial charge is 0.188 e. The first-order chi connectivity index (χ1) is 7.60. The molecule has 0 aliphatic carbocycles. The predicted octanol–water partition coefficient (Wildman–Crippen LogP) is 1.20. The minimum atomic E-state index is 0.510. The summed E-state index contributed by atoms with van der Waals surface area (Å²) in [6.07, 6.45) is 1.19. The van der Waals surface area contributed by atoms with E-state index in [9.17, 15) is 0 Å². The van der Waals surface area contributed by atoms with Crippen LogP contribution in [0.5, 0.6) is 0 Å². The van der Waals surface area contributed by atoms with E-state index < -0.39 is 0 Å². The van der Waals surface area contributed by atoms with Crippen LogP contribution in [0.15, 0.2) is 17.1 Å². The molecule has 0 unspecified atom stereocenters. The number of nitrogens with one attached hydrogen (secondary N) is 1. The minimum Gasteiger partial charge on any atom is -0.370 e. The zero-order valence-electron chi connectivity index (χ0n) is 10.9. The number of nitrogens with zero attached hydrogens (tertiary/aromatic N) is 2. The fourth-order valence-corrected chi connectivity index (χ4v) is 1.36. The van der Waals surface area contributed by atoms with E-state index in [0.717, 1.165) is 31.8 Å². The van der Waals surface area contributed by atoms with Gasteiger partial charge < -0.3 is 16.0 Å². The van der Waals surface area contributed by atoms with E-state index in [-0.39, 0.29) is 0 Å². The molecule has 0 bridgehead atoms. The largest absolute Gasteiger partial charge is 0.370 e. The molecule has 0 aromatic rings. The SMILES string of the molecule is C=C(C)CN=C(N)NCCN(CC)CCC. The Morgan fingerprint density at radius 2 is 2.06 bits per heavy atom. The monoisotopic (exact) mass is 226 g/mol. The molecule has 0 aromatic heterocycles. The van der Waals surface area contributed by atoms with Gasteiger partial charge >= 0.3 is 0 Å². The molecular formula is C12H26N4. The first-order valence-corrected chi connectivity index (χ1v) is 6.00. The minimum absolute atomic E-state index is 0.510. The van der Waals surface area contributed by atoms with Gasteiger partial charge in [-0.05, 0) is 26.4 Å². The molecule has 4 nitrogen and oxygen atoms in total. The summed E-state index contributed by atoms with van der Waals surface area (Å²) in [6.45, 7) is 14.8. The Morgan fingerprint density at radius 1 is 1.38 bits per heavy atom. The molecule has 0 fully saturated rings. The molecule has 0 atom stereocenters. The van der Waals surface area contributed by atoms with Gasteiger partial charge in [0.25, 0.3) is 0 Å². The van der Waals surface area contributed by atoms with Gasteiger partial charge in [-0.3, -0.25) is 0 Å². The highest BCUT2D eigenvalue weighted by molar-refractivity contribution is 5.77. The van der Waals surface area contributed by atoms with E-state index in [1.54, 1.807) is 0 Å². The third-order valence-corrected chi connectivity index (χ3v) is 2.24. The van der Waals surface area contributed by atoms with E-state index >= 15 is 0 Å². The summed E-state index contributed by atoms with van der Waals surface area (Å²) in [5.41, 5.74) is 6.72. The van der Waals surface area contributed by atoms with Crippen LogP contribution in [0.25, 0.3) is 0 Å². The molecule has 0 heterocycles. The van der Waals surface area contributed by atoms with Crippen LogP contribution < -0.4 is 11.1 Å². The summed E-state index contributed by atoms with van der Waals surface area (Å²) in [4.78, 5) is 6.55. The molecule has 4 heteroatoms. The van der Waals surface area contributed by atoms with Crippen molar-refractivity contribution in [3.8, 4) is 0 Å². The van der Waals surface area contributed by atoms with Crippen LogP contribution in [-0.2, 0) is 0 Å². The molecule has 94 valence electrons. The van der Waals surface area contributed by atoms with Crippen LogP contribution >= 0.6 is 0 Å². The fraction of sp³-hybridized carbons (Fsp3) is 0.750. The number of aliphatic imine (C=N–C) groups is 1. The maximum atomic E-state index is 5.70. The number of nitrogens with two attached hydrogens (primary N) is 1. The Balaban J connectivity index is 3.70. The van der Waals surface area contributed by atoms with Gasteiger partial charge in [-0.2, -0.15) is 0 Å². The van der Waals surface area contributed by atoms with Crippen LogP contribution in [0.2, 0.25) is 0 Å². The number of hydrogen-bond acceptors (Lipinski definition) is 2. The van der Waals surface area contributed by atoms with Crippen LogP contribution in [0.1, 0.15) is 27.2 Å². The highest BCUT2D eigenvalue weighted by atomic mass is 15.2. The van der Waals surface area contributed by atoms with Gasteiger partial charge in [0.05, 0.1) is 6.54 Å². The zero-order valence-corrected chi connectivity index (χ0v) is 10.9. The van der Waals surface area contributed by atoms with E-state index in [1.807, 2.05) is 6.92 Å². The van der Waals surface area contributed by atoms with Crippen molar-refractivity contribution < 1.29 is 0 Å². The maximum absolute atomic E-state index is 5.70. The quantitative estimate of drug-likeness (QED) is 0.371. The van der Waals surface area contributed by atoms with Crippen LogP contribution in [-0.4, -0.2) is 43.6 Å². The van der Waals surface area contributed by atoms with Crippen molar-refractivity contribution in [3.05, 3.63) is 12.2 Å². The molecule has 0 spiro atoms. The average Bonchev–Trinajstić information content (AvgIpc) is 2.25. The third-order valence-electron chi connectivity index (χ3n) is 2.24. The Morgan fingerprint density at radius 3 is 2.56 bits per heavy atom. The van der Waals surface area contributed by atoms with Crippen LogP contribution in [0, 0.1) is 0 Å². The van der Waals surface area contributed by atoms with Gasteiger partial charge in [0.1, 0.15) is 0 Å². The summed E-state index contributed by atoms with van der Waals surface area (Å²) < 4.78 is 0. The molecule has 0 rings (SSSR count). The third kappa shape index (κ3) is 8.29. The first kappa shape index (κ1) is 15.0. The molecule has 0 saturated heterocycles. The van der Waals surface area contributed by atoms with Gasteiger partial charge in [-0.25, -0.2) is 4.99 Å². The lowest BCUT2D eigenvalue weighted by Gasteiger charge is -2.19. The highest BCUT2D eigenvalue weighted by Gasteiger charge is 1.99. The predicted molar refractivity (Wildman–Crippen MR) is 71.7 cm³/mol. The number of likely N-dealkylation sites (N-methyl/N-ethyl adjacent to an activating group) is 1. The Bertz CT molecular complexity index is 223. The molecule has 0 saturated carbocycles. The van der Waals surface area contributed by atoms with E-state index in [1.165, 1.54) is 6.42 Å². The lowest BCUT2D eigenvalue weighted by molar-refractivity contribution is 0.293. The van der Waals surface area contributed by atoms with Crippen molar-refractivity contribution in [2.45, 2.75) is 27.2 Å². The second-order valence-electron chi connectivity index (χ2n) is 4.02. The molecule has 0 aliphatic heterocycles. The normalized spacial score (nSPS) is 11.9. The Kier molecular flexibility index (Phi) is 8.62. The summed E-state index contributed by atoms with van der Waals surface area (Å²) >= 11 is 0. The maximum Gasteiger partial charge on any atom is 0.188 e. The summed E-state index contributed by atoms with van der Waals surface area (Å²) in [6, 6.07) is 0. The van der Waals surface area contributed by atoms with Crippen molar-refractivity contribution in [2.24, 2.45) is 10.7 Å². The van der Waals surface area contributed by atoms with Gasteiger partial charge in [0, 0.05) is 13.1 Å². The van der Waals surface area contributed by atoms with Gasteiger partial charge in [0.2, 0.25) is 0 Å². The molecule has 0 aromatic carbocycles. The fourth-order valence-electron chi connectivity index (χ4n) is 1.36. The second-order valence-corrected chi connectivity index (χ2v) is 4.02. The van der Waals surface area contributed by atoms with Crippen LogP contribution in [0.3, 0.4) is 0 Å².